The number of carbonyl (C=O) groups excluding carboxylic acids is 1. The van der Waals surface area contributed by atoms with E-state index in [1.807, 2.05) is 11.8 Å². The van der Waals surface area contributed by atoms with Gasteiger partial charge in [-0.2, -0.15) is 0 Å². The number of hydrogen-bond donors (Lipinski definition) is 0. The first-order valence-electron chi connectivity index (χ1n) is 5.96. The van der Waals surface area contributed by atoms with Crippen LogP contribution in [0.3, 0.4) is 0 Å². The molecule has 1 unspecified atom stereocenters. The molecule has 0 spiro atoms. The summed E-state index contributed by atoms with van der Waals surface area (Å²) in [6.45, 7) is 8.52. The van der Waals surface area contributed by atoms with Gasteiger partial charge >= 0.3 is 0 Å². The molecule has 1 heterocycles. The predicted molar refractivity (Wildman–Crippen MR) is 59.1 cm³/mol. The van der Waals surface area contributed by atoms with Gasteiger partial charge in [-0.3, -0.25) is 4.79 Å². The number of piperidine rings is 1. The molecule has 1 aliphatic rings. The Balaban J connectivity index is 2.34. The van der Waals surface area contributed by atoms with E-state index in [9.17, 15) is 4.79 Å². The third-order valence-electron chi connectivity index (χ3n) is 3.64. The Labute approximate surface area is 87.7 Å². The summed E-state index contributed by atoms with van der Waals surface area (Å²) in [5.41, 5.74) is 0. The predicted octanol–water partition coefficient (Wildman–Crippen LogP) is 2.68. The Morgan fingerprint density at radius 1 is 1.36 bits per heavy atom. The first-order chi connectivity index (χ1) is 6.69. The summed E-state index contributed by atoms with van der Waals surface area (Å²) in [5, 5.41) is 0. The Bertz CT molecular complexity index is 183. The molecular formula is C12H23NO. The Morgan fingerprint density at radius 3 is 2.36 bits per heavy atom. The zero-order valence-corrected chi connectivity index (χ0v) is 9.75. The monoisotopic (exact) mass is 197 g/mol. The summed E-state index contributed by atoms with van der Waals surface area (Å²) in [6, 6.07) is 0. The van der Waals surface area contributed by atoms with Crippen LogP contribution in [0.25, 0.3) is 0 Å². The van der Waals surface area contributed by atoms with Crippen molar-refractivity contribution < 1.29 is 4.79 Å². The number of likely N-dealkylation sites (tertiary alicyclic amines) is 1. The van der Waals surface area contributed by atoms with Crippen LogP contribution in [0, 0.1) is 11.8 Å². The lowest BCUT2D eigenvalue weighted by molar-refractivity contribution is -0.132. The maximum absolute atomic E-state index is 11.4. The zero-order valence-electron chi connectivity index (χ0n) is 9.75. The number of rotatable bonds is 3. The molecule has 1 atom stereocenters. The van der Waals surface area contributed by atoms with Crippen LogP contribution in [0.5, 0.6) is 0 Å². The van der Waals surface area contributed by atoms with Gasteiger partial charge in [0.05, 0.1) is 0 Å². The van der Waals surface area contributed by atoms with E-state index < -0.39 is 0 Å². The average molecular weight is 197 g/mol. The van der Waals surface area contributed by atoms with E-state index in [4.69, 9.17) is 0 Å². The summed E-state index contributed by atoms with van der Waals surface area (Å²) >= 11 is 0. The molecule has 1 rings (SSSR count). The van der Waals surface area contributed by atoms with Gasteiger partial charge in [0.1, 0.15) is 0 Å². The van der Waals surface area contributed by atoms with E-state index in [2.05, 4.69) is 13.8 Å². The molecule has 1 amide bonds. The van der Waals surface area contributed by atoms with Gasteiger partial charge in [-0.25, -0.2) is 0 Å². The third-order valence-corrected chi connectivity index (χ3v) is 3.64. The van der Waals surface area contributed by atoms with Gasteiger partial charge < -0.3 is 4.90 Å². The van der Waals surface area contributed by atoms with Gasteiger partial charge in [-0.15, -0.1) is 0 Å². The van der Waals surface area contributed by atoms with Crippen LogP contribution >= 0.6 is 0 Å². The molecule has 0 aromatic carbocycles. The molecule has 82 valence electrons. The molecule has 0 N–H and O–H groups in total. The second kappa shape index (κ2) is 5.38. The van der Waals surface area contributed by atoms with Crippen LogP contribution < -0.4 is 0 Å². The quantitative estimate of drug-likeness (QED) is 0.681. The van der Waals surface area contributed by atoms with Crippen molar-refractivity contribution in [1.29, 1.82) is 0 Å². The smallest absolute Gasteiger partial charge is 0.222 e. The number of carbonyl (C=O) groups is 1. The number of amides is 1. The minimum atomic E-state index is 0.326. The lowest BCUT2D eigenvalue weighted by Gasteiger charge is -2.34. The third kappa shape index (κ3) is 2.73. The fourth-order valence-corrected chi connectivity index (χ4v) is 2.27. The topological polar surface area (TPSA) is 20.3 Å². The van der Waals surface area contributed by atoms with Crippen molar-refractivity contribution in [3.63, 3.8) is 0 Å². The van der Waals surface area contributed by atoms with Crippen molar-refractivity contribution in [2.45, 2.75) is 46.5 Å². The van der Waals surface area contributed by atoms with E-state index in [0.29, 0.717) is 12.3 Å². The van der Waals surface area contributed by atoms with Crippen molar-refractivity contribution in [3.05, 3.63) is 0 Å². The van der Waals surface area contributed by atoms with Crippen LogP contribution in [0.4, 0.5) is 0 Å². The maximum Gasteiger partial charge on any atom is 0.222 e. The van der Waals surface area contributed by atoms with Crippen molar-refractivity contribution in [2.24, 2.45) is 11.8 Å². The highest BCUT2D eigenvalue weighted by Gasteiger charge is 2.24. The van der Waals surface area contributed by atoms with Crippen LogP contribution in [0.2, 0.25) is 0 Å². The van der Waals surface area contributed by atoms with Gasteiger partial charge in [0.15, 0.2) is 0 Å². The number of nitrogens with zero attached hydrogens (tertiary/aromatic N) is 1. The van der Waals surface area contributed by atoms with Crippen molar-refractivity contribution in [1.82, 2.24) is 4.90 Å². The lowest BCUT2D eigenvalue weighted by Crippen LogP contribution is -2.39. The average Bonchev–Trinajstić information content (AvgIpc) is 2.27. The van der Waals surface area contributed by atoms with E-state index in [0.717, 1.165) is 24.9 Å². The van der Waals surface area contributed by atoms with Gasteiger partial charge in [-0.1, -0.05) is 27.2 Å². The summed E-state index contributed by atoms with van der Waals surface area (Å²) in [5.74, 6) is 2.00. The van der Waals surface area contributed by atoms with Crippen LogP contribution in [-0.2, 0) is 4.79 Å². The molecular weight excluding hydrogens is 174 g/mol. The Kier molecular flexibility index (Phi) is 4.43. The molecule has 1 aliphatic heterocycles. The minimum Gasteiger partial charge on any atom is -0.343 e. The van der Waals surface area contributed by atoms with Crippen LogP contribution in [-0.4, -0.2) is 23.9 Å². The van der Waals surface area contributed by atoms with Crippen LogP contribution in [0.1, 0.15) is 46.5 Å². The molecule has 14 heavy (non-hydrogen) atoms. The fourth-order valence-electron chi connectivity index (χ4n) is 2.27. The van der Waals surface area contributed by atoms with E-state index in [-0.39, 0.29) is 0 Å². The molecule has 0 aliphatic carbocycles. The summed E-state index contributed by atoms with van der Waals surface area (Å²) in [6.07, 6.45) is 4.35. The molecule has 0 aromatic heterocycles. The van der Waals surface area contributed by atoms with Crippen LogP contribution in [0.15, 0.2) is 0 Å². The molecule has 2 nitrogen and oxygen atoms in total. The molecule has 0 radical (unpaired) electrons. The SMILES string of the molecule is CCC(=O)N1CCC(C(C)CC)CC1. The fraction of sp³-hybridized carbons (Fsp3) is 0.917. The summed E-state index contributed by atoms with van der Waals surface area (Å²) in [7, 11) is 0. The molecule has 0 saturated carbocycles. The second-order valence-corrected chi connectivity index (χ2v) is 4.46. The highest BCUT2D eigenvalue weighted by molar-refractivity contribution is 5.75. The Hall–Kier alpha value is -0.530. The lowest BCUT2D eigenvalue weighted by atomic mass is 9.84. The highest BCUT2D eigenvalue weighted by atomic mass is 16.2. The summed E-state index contributed by atoms with van der Waals surface area (Å²) in [4.78, 5) is 13.5. The molecule has 2 heteroatoms. The number of hydrogen-bond acceptors (Lipinski definition) is 1. The first-order valence-corrected chi connectivity index (χ1v) is 5.96. The standard InChI is InChI=1S/C12H23NO/c1-4-10(3)11-6-8-13(9-7-11)12(14)5-2/h10-11H,4-9H2,1-3H3. The molecule has 1 fully saturated rings. The van der Waals surface area contributed by atoms with Gasteiger partial charge in [0.25, 0.3) is 0 Å². The van der Waals surface area contributed by atoms with Gasteiger partial charge in [0.2, 0.25) is 5.91 Å². The van der Waals surface area contributed by atoms with Crippen molar-refractivity contribution in [2.75, 3.05) is 13.1 Å². The largest absolute Gasteiger partial charge is 0.343 e. The maximum atomic E-state index is 11.4. The molecule has 0 bridgehead atoms. The van der Waals surface area contributed by atoms with E-state index >= 15 is 0 Å². The normalized spacial score (nSPS) is 20.9. The summed E-state index contributed by atoms with van der Waals surface area (Å²) < 4.78 is 0. The van der Waals surface area contributed by atoms with Crippen molar-refractivity contribution >= 4 is 5.91 Å². The highest BCUT2D eigenvalue weighted by Crippen LogP contribution is 2.26. The molecule has 1 saturated heterocycles. The Morgan fingerprint density at radius 2 is 1.93 bits per heavy atom. The molecule has 0 aromatic rings. The first kappa shape index (κ1) is 11.5. The van der Waals surface area contributed by atoms with E-state index in [1.165, 1.54) is 19.3 Å². The zero-order chi connectivity index (χ0) is 10.6. The minimum absolute atomic E-state index is 0.326. The van der Waals surface area contributed by atoms with Gasteiger partial charge in [0, 0.05) is 19.5 Å². The van der Waals surface area contributed by atoms with Gasteiger partial charge in [-0.05, 0) is 24.7 Å². The van der Waals surface area contributed by atoms with Crippen molar-refractivity contribution in [3.8, 4) is 0 Å². The second-order valence-electron chi connectivity index (χ2n) is 4.46. The van der Waals surface area contributed by atoms with E-state index in [1.54, 1.807) is 0 Å².